The zero-order valence-electron chi connectivity index (χ0n) is 19.5. The molecule has 0 fully saturated rings. The highest BCUT2D eigenvalue weighted by atomic mass is 16.2. The van der Waals surface area contributed by atoms with Crippen LogP contribution in [0.4, 0.5) is 11.4 Å². The van der Waals surface area contributed by atoms with E-state index in [-0.39, 0.29) is 18.0 Å². The second-order valence-electron chi connectivity index (χ2n) is 8.00. The third-order valence-electron chi connectivity index (χ3n) is 5.76. The van der Waals surface area contributed by atoms with Crippen LogP contribution in [0.25, 0.3) is 11.1 Å². The predicted octanol–water partition coefficient (Wildman–Crippen LogP) is 6.86. The molecule has 0 bridgehead atoms. The zero-order valence-corrected chi connectivity index (χ0v) is 19.5. The standard InChI is InChI=1S/C26H25N3O.C2H6/c1-17-4-8-21(9-5-17)22-10-13-26-24(15-22)25(14-18(2)29(26)19(3)30)28-23-11-6-20(16-27)7-12-23;1-2/h4-13,15,18,25,28H,14H2,1-3H3;1-2H3. The Morgan fingerprint density at radius 2 is 1.62 bits per heavy atom. The van der Waals surface area contributed by atoms with E-state index in [4.69, 9.17) is 5.26 Å². The highest BCUT2D eigenvalue weighted by Crippen LogP contribution is 2.41. The Hall–Kier alpha value is -3.58. The van der Waals surface area contributed by atoms with Gasteiger partial charge in [0, 0.05) is 24.3 Å². The molecule has 0 spiro atoms. The molecule has 4 rings (SSSR count). The summed E-state index contributed by atoms with van der Waals surface area (Å²) in [5.74, 6) is 0.0589. The number of amides is 1. The lowest BCUT2D eigenvalue weighted by Crippen LogP contribution is -2.43. The highest BCUT2D eigenvalue weighted by Gasteiger charge is 2.32. The minimum absolute atomic E-state index is 0.0589. The number of nitrogens with one attached hydrogen (secondary N) is 1. The summed E-state index contributed by atoms with van der Waals surface area (Å²) in [4.78, 5) is 14.3. The van der Waals surface area contributed by atoms with Crippen molar-refractivity contribution in [1.82, 2.24) is 0 Å². The summed E-state index contributed by atoms with van der Waals surface area (Å²) in [5.41, 5.74) is 7.21. The van der Waals surface area contributed by atoms with E-state index >= 15 is 0 Å². The van der Waals surface area contributed by atoms with Gasteiger partial charge in [0.05, 0.1) is 17.7 Å². The Labute approximate surface area is 191 Å². The molecule has 1 N–H and O–H groups in total. The quantitative estimate of drug-likeness (QED) is 0.499. The van der Waals surface area contributed by atoms with Crippen LogP contribution in [0.5, 0.6) is 0 Å². The molecule has 1 amide bonds. The van der Waals surface area contributed by atoms with Crippen LogP contribution < -0.4 is 10.2 Å². The van der Waals surface area contributed by atoms with E-state index < -0.39 is 0 Å². The van der Waals surface area contributed by atoms with E-state index in [0.29, 0.717) is 5.56 Å². The van der Waals surface area contributed by atoms with Crippen molar-refractivity contribution >= 4 is 17.3 Å². The molecule has 4 nitrogen and oxygen atoms in total. The Bertz CT molecular complexity index is 1110. The molecule has 0 saturated carbocycles. The van der Waals surface area contributed by atoms with Crippen LogP contribution in [-0.4, -0.2) is 11.9 Å². The van der Waals surface area contributed by atoms with Gasteiger partial charge in [0.2, 0.25) is 5.91 Å². The lowest BCUT2D eigenvalue weighted by Gasteiger charge is -2.39. The molecular weight excluding hydrogens is 394 g/mol. The molecule has 164 valence electrons. The van der Waals surface area contributed by atoms with Gasteiger partial charge in [0.1, 0.15) is 0 Å². The number of hydrogen-bond donors (Lipinski definition) is 1. The Balaban J connectivity index is 0.00000141. The first-order chi connectivity index (χ1) is 15.5. The van der Waals surface area contributed by atoms with Crippen LogP contribution >= 0.6 is 0 Å². The van der Waals surface area contributed by atoms with Gasteiger partial charge in [-0.1, -0.05) is 49.7 Å². The monoisotopic (exact) mass is 425 g/mol. The fourth-order valence-corrected chi connectivity index (χ4v) is 4.25. The lowest BCUT2D eigenvalue weighted by molar-refractivity contribution is -0.117. The van der Waals surface area contributed by atoms with Crippen LogP contribution in [0.2, 0.25) is 0 Å². The normalized spacial score (nSPS) is 16.8. The number of nitriles is 1. The van der Waals surface area contributed by atoms with Crippen molar-refractivity contribution in [2.24, 2.45) is 0 Å². The predicted molar refractivity (Wildman–Crippen MR) is 133 cm³/mol. The van der Waals surface area contributed by atoms with E-state index in [9.17, 15) is 4.79 Å². The first-order valence-corrected chi connectivity index (χ1v) is 11.2. The fraction of sp³-hybridized carbons (Fsp3) is 0.286. The maximum atomic E-state index is 12.4. The Kier molecular flexibility index (Phi) is 7.33. The molecule has 2 unspecified atom stereocenters. The number of hydrogen-bond acceptors (Lipinski definition) is 3. The molecule has 32 heavy (non-hydrogen) atoms. The molecule has 2 atom stereocenters. The second-order valence-corrected chi connectivity index (χ2v) is 8.00. The number of nitrogens with zero attached hydrogens (tertiary/aromatic N) is 2. The summed E-state index contributed by atoms with van der Waals surface area (Å²) in [7, 11) is 0. The molecular formula is C28H31N3O. The van der Waals surface area contributed by atoms with Gasteiger partial charge < -0.3 is 10.2 Å². The van der Waals surface area contributed by atoms with Gasteiger partial charge in [-0.25, -0.2) is 0 Å². The van der Waals surface area contributed by atoms with Crippen molar-refractivity contribution in [3.05, 3.63) is 83.4 Å². The average Bonchev–Trinajstić information content (AvgIpc) is 2.81. The second kappa shape index (κ2) is 10.2. The average molecular weight is 426 g/mol. The van der Waals surface area contributed by atoms with Gasteiger partial charge in [0.15, 0.2) is 0 Å². The molecule has 3 aromatic rings. The zero-order chi connectivity index (χ0) is 23.3. The van der Waals surface area contributed by atoms with Crippen molar-refractivity contribution in [1.29, 1.82) is 5.26 Å². The minimum atomic E-state index is 0.0589. The minimum Gasteiger partial charge on any atom is -0.378 e. The number of carbonyl (C=O) groups is 1. The van der Waals surface area contributed by atoms with Gasteiger partial charge in [-0.05, 0) is 73.4 Å². The van der Waals surface area contributed by atoms with Crippen molar-refractivity contribution in [3.8, 4) is 17.2 Å². The molecule has 3 aromatic carbocycles. The number of aryl methyl sites for hydroxylation is 1. The van der Waals surface area contributed by atoms with E-state index in [0.717, 1.165) is 34.5 Å². The first-order valence-electron chi connectivity index (χ1n) is 11.2. The highest BCUT2D eigenvalue weighted by molar-refractivity contribution is 5.94. The molecule has 0 aliphatic carbocycles. The molecule has 4 heteroatoms. The van der Waals surface area contributed by atoms with E-state index in [1.54, 1.807) is 6.92 Å². The third-order valence-corrected chi connectivity index (χ3v) is 5.76. The maximum absolute atomic E-state index is 12.4. The molecule has 1 heterocycles. The summed E-state index contributed by atoms with van der Waals surface area (Å²) in [5, 5.41) is 12.7. The van der Waals surface area contributed by atoms with Gasteiger partial charge in [-0.15, -0.1) is 0 Å². The number of fused-ring (bicyclic) bond motifs is 1. The summed E-state index contributed by atoms with van der Waals surface area (Å²) in [6, 6.07) is 24.7. The lowest BCUT2D eigenvalue weighted by atomic mass is 9.88. The maximum Gasteiger partial charge on any atom is 0.224 e. The topological polar surface area (TPSA) is 56.1 Å². The van der Waals surface area contributed by atoms with Crippen LogP contribution in [0, 0.1) is 18.3 Å². The van der Waals surface area contributed by atoms with Crippen LogP contribution in [0.15, 0.2) is 66.7 Å². The first kappa shape index (κ1) is 23.1. The Morgan fingerprint density at radius 3 is 2.22 bits per heavy atom. The number of carbonyl (C=O) groups excluding carboxylic acids is 1. The summed E-state index contributed by atoms with van der Waals surface area (Å²) < 4.78 is 0. The van der Waals surface area contributed by atoms with Gasteiger partial charge >= 0.3 is 0 Å². The van der Waals surface area contributed by atoms with Crippen molar-refractivity contribution in [2.75, 3.05) is 10.2 Å². The van der Waals surface area contributed by atoms with Gasteiger partial charge in [-0.2, -0.15) is 5.26 Å². The van der Waals surface area contributed by atoms with Crippen molar-refractivity contribution in [3.63, 3.8) is 0 Å². The SMILES string of the molecule is CC.CC(=O)N1c2ccc(-c3ccc(C)cc3)cc2C(Nc2ccc(C#N)cc2)CC1C. The third kappa shape index (κ3) is 4.84. The van der Waals surface area contributed by atoms with Crippen molar-refractivity contribution in [2.45, 2.75) is 53.1 Å². The summed E-state index contributed by atoms with van der Waals surface area (Å²) >= 11 is 0. The summed E-state index contributed by atoms with van der Waals surface area (Å²) in [6.45, 7) is 9.80. The van der Waals surface area contributed by atoms with E-state index in [1.807, 2.05) is 43.0 Å². The Morgan fingerprint density at radius 1 is 1.00 bits per heavy atom. The van der Waals surface area contributed by atoms with Crippen LogP contribution in [0.3, 0.4) is 0 Å². The molecule has 0 radical (unpaired) electrons. The molecule has 1 aliphatic heterocycles. The number of benzene rings is 3. The van der Waals surface area contributed by atoms with Gasteiger partial charge in [0.25, 0.3) is 0 Å². The molecule has 1 aliphatic rings. The largest absolute Gasteiger partial charge is 0.378 e. The fourth-order valence-electron chi connectivity index (χ4n) is 4.25. The van der Waals surface area contributed by atoms with Gasteiger partial charge in [-0.3, -0.25) is 4.79 Å². The number of rotatable bonds is 3. The number of anilines is 2. The van der Waals surface area contributed by atoms with Crippen LogP contribution in [-0.2, 0) is 4.79 Å². The molecule has 0 aromatic heterocycles. The van der Waals surface area contributed by atoms with E-state index in [2.05, 4.69) is 67.7 Å². The summed E-state index contributed by atoms with van der Waals surface area (Å²) in [6.07, 6.45) is 0.809. The van der Waals surface area contributed by atoms with Crippen LogP contribution in [0.1, 0.15) is 56.8 Å². The molecule has 0 saturated heterocycles. The smallest absolute Gasteiger partial charge is 0.224 e. The van der Waals surface area contributed by atoms with Crippen molar-refractivity contribution < 1.29 is 4.79 Å². The van der Waals surface area contributed by atoms with E-state index in [1.165, 1.54) is 5.56 Å².